The Hall–Kier alpha value is -2.68. The zero-order valence-corrected chi connectivity index (χ0v) is 21.1. The molecule has 1 aromatic carbocycles. The van der Waals surface area contributed by atoms with Gasteiger partial charge in [-0.15, -0.1) is 0 Å². The number of nitrogens with zero attached hydrogens (tertiary/aromatic N) is 4. The molecule has 0 unspecified atom stereocenters. The van der Waals surface area contributed by atoms with E-state index >= 15 is 0 Å². The number of pyridine rings is 1. The summed E-state index contributed by atoms with van der Waals surface area (Å²) in [6.07, 6.45) is 1.00. The molecule has 1 aromatic heterocycles. The summed E-state index contributed by atoms with van der Waals surface area (Å²) in [5, 5.41) is 0.819. The lowest BCUT2D eigenvalue weighted by Crippen LogP contribution is -2.67. The number of fused-ring (bicyclic) bond motifs is 4. The van der Waals surface area contributed by atoms with Crippen LogP contribution in [0.15, 0.2) is 41.2 Å². The van der Waals surface area contributed by atoms with Gasteiger partial charge < -0.3 is 9.47 Å². The van der Waals surface area contributed by atoms with Gasteiger partial charge in [-0.2, -0.15) is 0 Å². The zero-order chi connectivity index (χ0) is 25.1. The Morgan fingerprint density at radius 1 is 0.943 bits per heavy atom. The molecule has 0 radical (unpaired) electrons. The summed E-state index contributed by atoms with van der Waals surface area (Å²) in [7, 11) is 2.80. The smallest absolute Gasteiger partial charge is 0.312 e. The number of benzene rings is 1. The molecule has 3 aliphatic rings. The number of barbiturate groups is 1. The lowest BCUT2D eigenvalue weighted by atomic mass is 9.75. The highest BCUT2D eigenvalue weighted by Gasteiger charge is 2.56. The summed E-state index contributed by atoms with van der Waals surface area (Å²) in [5.41, 5.74) is 0.0810. The van der Waals surface area contributed by atoms with Gasteiger partial charge in [0.2, 0.25) is 11.8 Å². The van der Waals surface area contributed by atoms with Crippen LogP contribution < -0.4 is 5.56 Å². The minimum absolute atomic E-state index is 0.00102. The number of hydrogen-bond acceptors (Lipinski definition) is 5. The normalized spacial score (nSPS) is 24.1. The molecule has 2 bridgehead atoms. The average molecular weight is 517 g/mol. The number of halogens is 2. The van der Waals surface area contributed by atoms with E-state index in [1.54, 1.807) is 30.3 Å². The third-order valence-electron chi connectivity index (χ3n) is 7.56. The minimum Gasteiger partial charge on any atom is -0.312 e. The molecule has 4 heterocycles. The van der Waals surface area contributed by atoms with Crippen molar-refractivity contribution in [2.24, 2.45) is 11.3 Å². The van der Waals surface area contributed by atoms with Crippen LogP contribution in [-0.2, 0) is 22.6 Å². The first kappa shape index (κ1) is 24.0. The first-order valence-corrected chi connectivity index (χ1v) is 12.3. The van der Waals surface area contributed by atoms with E-state index in [2.05, 4.69) is 4.90 Å². The van der Waals surface area contributed by atoms with E-state index in [-0.39, 0.29) is 30.4 Å². The average Bonchev–Trinajstić information content (AvgIpc) is 2.82. The van der Waals surface area contributed by atoms with Gasteiger partial charge in [-0.25, -0.2) is 4.79 Å². The fourth-order valence-electron chi connectivity index (χ4n) is 5.97. The maximum atomic E-state index is 13.7. The van der Waals surface area contributed by atoms with Crippen LogP contribution >= 0.6 is 23.2 Å². The van der Waals surface area contributed by atoms with Crippen LogP contribution in [0.5, 0.6) is 0 Å². The van der Waals surface area contributed by atoms with Crippen LogP contribution in [0.2, 0.25) is 10.0 Å². The Balaban J connectivity index is 1.52. The predicted molar refractivity (Wildman–Crippen MR) is 132 cm³/mol. The van der Waals surface area contributed by atoms with Crippen molar-refractivity contribution in [3.05, 3.63) is 68.1 Å². The molecule has 184 valence electrons. The second-order valence-corrected chi connectivity index (χ2v) is 10.7. The third-order valence-corrected chi connectivity index (χ3v) is 8.15. The largest absolute Gasteiger partial charge is 0.332 e. The molecule has 0 saturated carbocycles. The highest BCUT2D eigenvalue weighted by molar-refractivity contribution is 6.35. The Bertz CT molecular complexity index is 1270. The van der Waals surface area contributed by atoms with Crippen LogP contribution in [-0.4, -0.2) is 70.8 Å². The molecule has 35 heavy (non-hydrogen) atoms. The van der Waals surface area contributed by atoms with Crippen LogP contribution in [0.4, 0.5) is 4.79 Å². The quantitative estimate of drug-likeness (QED) is 0.583. The topological polar surface area (TPSA) is 82.9 Å². The molecule has 0 aliphatic carbocycles. The first-order chi connectivity index (χ1) is 16.6. The summed E-state index contributed by atoms with van der Waals surface area (Å²) in [6.45, 7) is 2.02. The molecule has 0 N–H and O–H groups in total. The first-order valence-electron chi connectivity index (χ1n) is 11.6. The van der Waals surface area contributed by atoms with Crippen molar-refractivity contribution in [1.29, 1.82) is 0 Å². The molecule has 0 spiro atoms. The van der Waals surface area contributed by atoms with Gasteiger partial charge in [-0.3, -0.25) is 24.2 Å². The fourth-order valence-corrected chi connectivity index (χ4v) is 6.45. The number of aromatic nitrogens is 1. The van der Waals surface area contributed by atoms with Crippen LogP contribution in [0.3, 0.4) is 0 Å². The van der Waals surface area contributed by atoms with Crippen molar-refractivity contribution >= 4 is 41.0 Å². The van der Waals surface area contributed by atoms with Crippen molar-refractivity contribution in [3.8, 4) is 0 Å². The van der Waals surface area contributed by atoms with Gasteiger partial charge in [0.05, 0.1) is 0 Å². The van der Waals surface area contributed by atoms with E-state index in [4.69, 9.17) is 23.2 Å². The molecular formula is C25H26Cl2N4O4. The number of carbonyl (C=O) groups is 3. The molecule has 2 aromatic rings. The molecule has 10 heteroatoms. The van der Waals surface area contributed by atoms with E-state index in [9.17, 15) is 19.2 Å². The van der Waals surface area contributed by atoms with Crippen molar-refractivity contribution in [1.82, 2.24) is 19.3 Å². The van der Waals surface area contributed by atoms with Crippen LogP contribution in [0, 0.1) is 11.3 Å². The fraction of sp³-hybridized carbons (Fsp3) is 0.440. The molecular weight excluding hydrogens is 491 g/mol. The second-order valence-electron chi connectivity index (χ2n) is 9.90. The summed E-state index contributed by atoms with van der Waals surface area (Å²) in [5.74, 6) is -0.727. The maximum absolute atomic E-state index is 13.7. The van der Waals surface area contributed by atoms with Crippen LogP contribution in [0.25, 0.3) is 0 Å². The van der Waals surface area contributed by atoms with Gasteiger partial charge in [0.1, 0.15) is 5.41 Å². The van der Waals surface area contributed by atoms with Gasteiger partial charge in [-0.05, 0) is 42.5 Å². The van der Waals surface area contributed by atoms with E-state index in [0.717, 1.165) is 21.9 Å². The third kappa shape index (κ3) is 3.97. The number of carbonyl (C=O) groups excluding carboxylic acids is 3. The monoisotopic (exact) mass is 516 g/mol. The Labute approximate surface area is 213 Å². The summed E-state index contributed by atoms with van der Waals surface area (Å²) >= 11 is 12.5. The molecule has 2 saturated heterocycles. The summed E-state index contributed by atoms with van der Waals surface area (Å²) in [4.78, 5) is 56.5. The number of imide groups is 2. The molecule has 2 atom stereocenters. The maximum Gasteiger partial charge on any atom is 0.332 e. The van der Waals surface area contributed by atoms with E-state index < -0.39 is 23.3 Å². The number of urea groups is 1. The van der Waals surface area contributed by atoms with Gasteiger partial charge in [0.15, 0.2) is 0 Å². The Morgan fingerprint density at radius 3 is 2.34 bits per heavy atom. The van der Waals surface area contributed by atoms with Gasteiger partial charge in [0, 0.05) is 68.0 Å². The SMILES string of the molecule is CN1C(=O)N(C)C(=O)C(Cc2ccc(Cl)cc2Cl)(CN2C[C@H]3C[C@H](C2)c2cccc(=O)n2C3)C1=O. The van der Waals surface area contributed by atoms with Crippen molar-refractivity contribution in [2.45, 2.75) is 25.3 Å². The summed E-state index contributed by atoms with van der Waals surface area (Å²) < 4.78 is 1.84. The Kier molecular flexibility index (Phi) is 6.02. The summed E-state index contributed by atoms with van der Waals surface area (Å²) in [6, 6.07) is 9.66. The standard InChI is InChI=1S/C25H26Cl2N4O4/c1-28-22(33)25(23(34)29(2)24(28)35,10-16-6-7-18(26)9-19(16)27)14-30-11-15-8-17(13-30)20-4-3-5-21(32)31(20)12-15/h3-7,9,15,17H,8,10-14H2,1-2H3/t15-,17-/m1/s1. The molecule has 3 aliphatic heterocycles. The van der Waals surface area contributed by atoms with Crippen molar-refractivity contribution in [3.63, 3.8) is 0 Å². The van der Waals surface area contributed by atoms with Gasteiger partial charge in [-0.1, -0.05) is 35.3 Å². The Morgan fingerprint density at radius 2 is 1.66 bits per heavy atom. The molecule has 8 nitrogen and oxygen atoms in total. The van der Waals surface area contributed by atoms with Crippen LogP contribution in [0.1, 0.15) is 23.6 Å². The number of piperidine rings is 1. The number of likely N-dealkylation sites (tertiary alicyclic amines) is 1. The number of rotatable bonds is 4. The molecule has 2 fully saturated rings. The highest BCUT2D eigenvalue weighted by Crippen LogP contribution is 2.40. The number of amides is 4. The van der Waals surface area contributed by atoms with Gasteiger partial charge >= 0.3 is 6.03 Å². The second kappa shape index (κ2) is 8.76. The highest BCUT2D eigenvalue weighted by atomic mass is 35.5. The van der Waals surface area contributed by atoms with Gasteiger partial charge in [0.25, 0.3) is 5.56 Å². The van der Waals surface area contributed by atoms with Crippen molar-refractivity contribution < 1.29 is 14.4 Å². The lowest BCUT2D eigenvalue weighted by molar-refractivity contribution is -0.159. The van der Waals surface area contributed by atoms with Crippen molar-refractivity contribution in [2.75, 3.05) is 33.7 Å². The zero-order valence-electron chi connectivity index (χ0n) is 19.5. The van der Waals surface area contributed by atoms with E-state index in [0.29, 0.717) is 35.2 Å². The van der Waals surface area contributed by atoms with E-state index in [1.807, 2.05) is 10.6 Å². The lowest BCUT2D eigenvalue weighted by Gasteiger charge is -2.48. The van der Waals surface area contributed by atoms with E-state index in [1.165, 1.54) is 14.1 Å². The molecule has 4 amide bonds. The molecule has 5 rings (SSSR count). The predicted octanol–water partition coefficient (Wildman–Crippen LogP) is 2.85. The number of hydrogen-bond donors (Lipinski definition) is 0. The minimum atomic E-state index is -1.52.